The molecule has 3 rings (SSSR count). The van der Waals surface area contributed by atoms with E-state index in [1.54, 1.807) is 7.11 Å². The SMILES string of the molecule is COCCNC(=O)N1C2CCC1CC(NC(=O)c1ccc(F)cc1)C2. The van der Waals surface area contributed by atoms with Gasteiger partial charge in [-0.3, -0.25) is 4.79 Å². The van der Waals surface area contributed by atoms with Crippen LogP contribution < -0.4 is 10.6 Å². The number of ether oxygens (including phenoxy) is 1. The predicted molar refractivity (Wildman–Crippen MR) is 90.8 cm³/mol. The second-order valence-corrected chi connectivity index (χ2v) is 6.67. The molecule has 2 atom stereocenters. The highest BCUT2D eigenvalue weighted by molar-refractivity contribution is 5.94. The van der Waals surface area contributed by atoms with Gasteiger partial charge in [0.2, 0.25) is 0 Å². The minimum atomic E-state index is -0.359. The van der Waals surface area contributed by atoms with Crippen LogP contribution in [0.4, 0.5) is 9.18 Å². The second kappa shape index (κ2) is 7.82. The largest absolute Gasteiger partial charge is 0.383 e. The molecule has 0 radical (unpaired) electrons. The van der Waals surface area contributed by atoms with Crippen LogP contribution in [0.3, 0.4) is 0 Å². The lowest BCUT2D eigenvalue weighted by atomic mass is 9.97. The number of nitrogens with zero attached hydrogens (tertiary/aromatic N) is 1. The van der Waals surface area contributed by atoms with E-state index in [-0.39, 0.29) is 35.9 Å². The maximum atomic E-state index is 13.0. The Balaban J connectivity index is 1.55. The van der Waals surface area contributed by atoms with Crippen molar-refractivity contribution in [2.45, 2.75) is 43.8 Å². The van der Waals surface area contributed by atoms with Crippen molar-refractivity contribution in [1.82, 2.24) is 15.5 Å². The number of urea groups is 1. The molecule has 6 nitrogen and oxygen atoms in total. The van der Waals surface area contributed by atoms with Crippen molar-refractivity contribution < 1.29 is 18.7 Å². The van der Waals surface area contributed by atoms with Gasteiger partial charge in [-0.15, -0.1) is 0 Å². The summed E-state index contributed by atoms with van der Waals surface area (Å²) in [6.45, 7) is 0.987. The molecule has 2 heterocycles. The summed E-state index contributed by atoms with van der Waals surface area (Å²) in [5.41, 5.74) is 0.452. The highest BCUT2D eigenvalue weighted by atomic mass is 19.1. The first-order valence-corrected chi connectivity index (χ1v) is 8.70. The lowest BCUT2D eigenvalue weighted by molar-refractivity contribution is 0.0883. The predicted octanol–water partition coefficient (Wildman–Crippen LogP) is 1.91. The molecule has 1 aromatic rings. The van der Waals surface area contributed by atoms with Crippen molar-refractivity contribution >= 4 is 11.9 Å². The Labute approximate surface area is 146 Å². The monoisotopic (exact) mass is 349 g/mol. The van der Waals surface area contributed by atoms with Gasteiger partial charge >= 0.3 is 6.03 Å². The fourth-order valence-electron chi connectivity index (χ4n) is 3.85. The maximum absolute atomic E-state index is 13.0. The van der Waals surface area contributed by atoms with Crippen LogP contribution in [0.25, 0.3) is 0 Å². The normalized spacial score (nSPS) is 24.9. The van der Waals surface area contributed by atoms with Crippen LogP contribution in [-0.2, 0) is 4.74 Å². The number of carbonyl (C=O) groups excluding carboxylic acids is 2. The first kappa shape index (κ1) is 17.7. The van der Waals surface area contributed by atoms with Gasteiger partial charge in [-0.2, -0.15) is 0 Å². The van der Waals surface area contributed by atoms with Crippen molar-refractivity contribution in [2.75, 3.05) is 20.3 Å². The van der Waals surface area contributed by atoms with Gasteiger partial charge in [0.05, 0.1) is 6.61 Å². The first-order chi connectivity index (χ1) is 12.1. The number of benzene rings is 1. The number of nitrogens with one attached hydrogen (secondary N) is 2. The molecule has 2 fully saturated rings. The third kappa shape index (κ3) is 4.10. The molecule has 2 bridgehead atoms. The number of rotatable bonds is 5. The summed E-state index contributed by atoms with van der Waals surface area (Å²) < 4.78 is 17.9. The number of hydrogen-bond donors (Lipinski definition) is 2. The van der Waals surface area contributed by atoms with Crippen LogP contribution in [0, 0.1) is 5.82 Å². The summed E-state index contributed by atoms with van der Waals surface area (Å²) >= 11 is 0. The zero-order valence-corrected chi connectivity index (χ0v) is 14.3. The van der Waals surface area contributed by atoms with Crippen LogP contribution >= 0.6 is 0 Å². The van der Waals surface area contributed by atoms with Gasteiger partial charge in [-0.25, -0.2) is 9.18 Å². The van der Waals surface area contributed by atoms with Crippen molar-refractivity contribution in [3.8, 4) is 0 Å². The van der Waals surface area contributed by atoms with E-state index in [0.29, 0.717) is 18.7 Å². The number of piperidine rings is 1. The van der Waals surface area contributed by atoms with Crippen molar-refractivity contribution in [3.63, 3.8) is 0 Å². The lowest BCUT2D eigenvalue weighted by Gasteiger charge is -2.39. The zero-order valence-electron chi connectivity index (χ0n) is 14.3. The molecule has 2 N–H and O–H groups in total. The molecule has 7 heteroatoms. The molecular formula is C18H24FN3O3. The third-order valence-corrected chi connectivity index (χ3v) is 4.99. The standard InChI is InChI=1S/C18H24FN3O3/c1-25-9-8-20-18(24)22-15-6-7-16(22)11-14(10-15)21-17(23)12-2-4-13(19)5-3-12/h2-5,14-16H,6-11H2,1H3,(H,20,24)(H,21,23). The summed E-state index contributed by atoms with van der Waals surface area (Å²) in [4.78, 5) is 26.6. The molecule has 2 aliphatic rings. The Kier molecular flexibility index (Phi) is 5.53. The summed E-state index contributed by atoms with van der Waals surface area (Å²) in [5.74, 6) is -0.551. The highest BCUT2D eigenvalue weighted by Gasteiger charge is 2.43. The molecule has 0 aliphatic carbocycles. The van der Waals surface area contributed by atoms with E-state index in [4.69, 9.17) is 4.74 Å². The fourth-order valence-corrected chi connectivity index (χ4v) is 3.85. The number of methoxy groups -OCH3 is 1. The van der Waals surface area contributed by atoms with E-state index in [1.165, 1.54) is 24.3 Å². The summed E-state index contributed by atoms with van der Waals surface area (Å²) in [7, 11) is 1.60. The van der Waals surface area contributed by atoms with Crippen LogP contribution in [0.15, 0.2) is 24.3 Å². The quantitative estimate of drug-likeness (QED) is 0.798. The van der Waals surface area contributed by atoms with E-state index in [1.807, 2.05) is 4.90 Å². The molecule has 0 aromatic heterocycles. The molecule has 0 spiro atoms. The van der Waals surface area contributed by atoms with Gasteiger partial charge in [0, 0.05) is 37.3 Å². The van der Waals surface area contributed by atoms with Gasteiger partial charge in [0.1, 0.15) is 5.82 Å². The zero-order chi connectivity index (χ0) is 17.8. The van der Waals surface area contributed by atoms with Gasteiger partial charge < -0.3 is 20.3 Å². The van der Waals surface area contributed by atoms with E-state index in [2.05, 4.69) is 10.6 Å². The van der Waals surface area contributed by atoms with E-state index < -0.39 is 0 Å². The van der Waals surface area contributed by atoms with Crippen molar-refractivity contribution in [2.24, 2.45) is 0 Å². The molecule has 3 amide bonds. The molecule has 2 aliphatic heterocycles. The van der Waals surface area contributed by atoms with Crippen LogP contribution in [-0.4, -0.2) is 55.2 Å². The first-order valence-electron chi connectivity index (χ1n) is 8.70. The summed E-state index contributed by atoms with van der Waals surface area (Å²) in [6, 6.07) is 5.83. The van der Waals surface area contributed by atoms with E-state index in [9.17, 15) is 14.0 Å². The fraction of sp³-hybridized carbons (Fsp3) is 0.556. The van der Waals surface area contributed by atoms with Gasteiger partial charge in [0.15, 0.2) is 0 Å². The summed E-state index contributed by atoms with van der Waals surface area (Å²) in [6.07, 6.45) is 3.43. The Morgan fingerprint density at radius 2 is 1.84 bits per heavy atom. The van der Waals surface area contributed by atoms with Crippen LogP contribution in [0.5, 0.6) is 0 Å². The van der Waals surface area contributed by atoms with E-state index >= 15 is 0 Å². The number of fused-ring (bicyclic) bond motifs is 2. The Bertz CT molecular complexity index is 608. The Hall–Kier alpha value is -2.15. The number of hydrogen-bond acceptors (Lipinski definition) is 3. The minimum absolute atomic E-state index is 0.0399. The number of halogens is 1. The topological polar surface area (TPSA) is 70.7 Å². The van der Waals surface area contributed by atoms with Crippen molar-refractivity contribution in [1.29, 1.82) is 0 Å². The molecule has 2 saturated heterocycles. The molecule has 136 valence electrons. The van der Waals surface area contributed by atoms with E-state index in [0.717, 1.165) is 25.7 Å². The average molecular weight is 349 g/mol. The molecule has 2 unspecified atom stereocenters. The summed E-state index contributed by atoms with van der Waals surface area (Å²) in [5, 5.41) is 5.91. The number of amides is 3. The van der Waals surface area contributed by atoms with Crippen molar-refractivity contribution in [3.05, 3.63) is 35.6 Å². The maximum Gasteiger partial charge on any atom is 0.317 e. The number of carbonyl (C=O) groups is 2. The molecular weight excluding hydrogens is 325 g/mol. The van der Waals surface area contributed by atoms with Gasteiger partial charge in [-0.05, 0) is 49.9 Å². The third-order valence-electron chi connectivity index (χ3n) is 4.99. The second-order valence-electron chi connectivity index (χ2n) is 6.67. The van der Waals surface area contributed by atoms with Crippen LogP contribution in [0.2, 0.25) is 0 Å². The molecule has 25 heavy (non-hydrogen) atoms. The Morgan fingerprint density at radius 3 is 2.44 bits per heavy atom. The van der Waals surface area contributed by atoms with Crippen LogP contribution in [0.1, 0.15) is 36.0 Å². The van der Waals surface area contributed by atoms with Gasteiger partial charge in [0.25, 0.3) is 5.91 Å². The minimum Gasteiger partial charge on any atom is -0.383 e. The molecule has 1 aromatic carbocycles. The van der Waals surface area contributed by atoms with Gasteiger partial charge in [-0.1, -0.05) is 0 Å². The smallest absolute Gasteiger partial charge is 0.317 e. The lowest BCUT2D eigenvalue weighted by Crippen LogP contribution is -2.55. The average Bonchev–Trinajstić information content (AvgIpc) is 2.87. The highest BCUT2D eigenvalue weighted by Crippen LogP contribution is 2.35. The Morgan fingerprint density at radius 1 is 1.20 bits per heavy atom. The molecule has 0 saturated carbocycles.